The van der Waals surface area contributed by atoms with Crippen molar-refractivity contribution in [2.45, 2.75) is 38.1 Å². The Hall–Kier alpha value is -0.860. The van der Waals surface area contributed by atoms with E-state index in [-0.39, 0.29) is 0 Å². The molecule has 3 rings (SSSR count). The minimum Gasteiger partial charge on any atom is -0.317 e. The highest BCUT2D eigenvalue weighted by Gasteiger charge is 2.39. The molecular formula is C17H28N2. The van der Waals surface area contributed by atoms with E-state index in [1.807, 2.05) is 0 Å². The third-order valence-corrected chi connectivity index (χ3v) is 4.28. The minimum absolute atomic E-state index is 0.785. The van der Waals surface area contributed by atoms with Crippen molar-refractivity contribution >= 4 is 0 Å². The van der Waals surface area contributed by atoms with Crippen LogP contribution in [0.25, 0.3) is 0 Å². The van der Waals surface area contributed by atoms with Crippen LogP contribution in [0.4, 0.5) is 0 Å². The number of benzene rings is 1. The zero-order valence-corrected chi connectivity index (χ0v) is 12.6. The Morgan fingerprint density at radius 2 is 1.68 bits per heavy atom. The Balaban J connectivity index is 0.000000163. The standard InChI is InChI=1S/C11H15N.C6H13N/c1-12(2)11-8-10(11)9-6-4-3-5-7-9;1-6-2-4-7-5-3-6/h3-7,10-11H,8H2,1-2H3;6-7H,2-5H2,1H3. The first-order valence-corrected chi connectivity index (χ1v) is 7.60. The summed E-state index contributed by atoms with van der Waals surface area (Å²) in [5.74, 6) is 1.77. The largest absolute Gasteiger partial charge is 0.317 e. The van der Waals surface area contributed by atoms with Gasteiger partial charge in [0.25, 0.3) is 0 Å². The van der Waals surface area contributed by atoms with Gasteiger partial charge in [-0.1, -0.05) is 37.3 Å². The van der Waals surface area contributed by atoms with Gasteiger partial charge < -0.3 is 10.2 Å². The van der Waals surface area contributed by atoms with Gasteiger partial charge in [0.1, 0.15) is 0 Å². The average molecular weight is 260 g/mol. The number of nitrogens with one attached hydrogen (secondary N) is 1. The first-order valence-electron chi connectivity index (χ1n) is 7.60. The van der Waals surface area contributed by atoms with Crippen LogP contribution in [-0.2, 0) is 0 Å². The highest BCUT2D eigenvalue weighted by Crippen LogP contribution is 2.43. The smallest absolute Gasteiger partial charge is 0.0165 e. The number of likely N-dealkylation sites (N-methyl/N-ethyl adjacent to an activating group) is 1. The fourth-order valence-electron chi connectivity index (χ4n) is 2.78. The lowest BCUT2D eigenvalue weighted by molar-refractivity contribution is 0.391. The van der Waals surface area contributed by atoms with Crippen LogP contribution in [0.3, 0.4) is 0 Å². The van der Waals surface area contributed by atoms with Crippen LogP contribution >= 0.6 is 0 Å². The summed E-state index contributed by atoms with van der Waals surface area (Å²) in [6.07, 6.45) is 4.08. The Morgan fingerprint density at radius 3 is 2.11 bits per heavy atom. The van der Waals surface area contributed by atoms with Gasteiger partial charge in [0.2, 0.25) is 0 Å². The Morgan fingerprint density at radius 1 is 1.05 bits per heavy atom. The predicted molar refractivity (Wildman–Crippen MR) is 82.5 cm³/mol. The lowest BCUT2D eigenvalue weighted by atomic mass is 10.0. The topological polar surface area (TPSA) is 15.3 Å². The lowest BCUT2D eigenvalue weighted by Gasteiger charge is -2.17. The van der Waals surface area contributed by atoms with Crippen molar-refractivity contribution in [1.29, 1.82) is 0 Å². The Kier molecular flexibility index (Phi) is 5.41. The van der Waals surface area contributed by atoms with E-state index in [0.29, 0.717) is 0 Å². The zero-order valence-electron chi connectivity index (χ0n) is 12.6. The van der Waals surface area contributed by atoms with Gasteiger partial charge in [-0.2, -0.15) is 0 Å². The van der Waals surface area contributed by atoms with Crippen molar-refractivity contribution in [1.82, 2.24) is 10.2 Å². The molecule has 1 aliphatic carbocycles. The number of hydrogen-bond donors (Lipinski definition) is 1. The second-order valence-electron chi connectivity index (χ2n) is 6.22. The average Bonchev–Trinajstić information content (AvgIpc) is 3.22. The van der Waals surface area contributed by atoms with E-state index in [1.165, 1.54) is 37.9 Å². The summed E-state index contributed by atoms with van der Waals surface area (Å²) >= 11 is 0. The molecule has 2 fully saturated rings. The monoisotopic (exact) mass is 260 g/mol. The zero-order chi connectivity index (χ0) is 13.7. The second-order valence-corrected chi connectivity index (χ2v) is 6.22. The molecule has 0 aromatic heterocycles. The first-order chi connectivity index (χ1) is 9.18. The van der Waals surface area contributed by atoms with E-state index in [2.05, 4.69) is 61.6 Å². The fourth-order valence-corrected chi connectivity index (χ4v) is 2.78. The molecule has 1 aromatic carbocycles. The molecule has 2 unspecified atom stereocenters. The number of piperidine rings is 1. The van der Waals surface area contributed by atoms with Gasteiger partial charge >= 0.3 is 0 Å². The maximum absolute atomic E-state index is 3.32. The number of nitrogens with zero attached hydrogens (tertiary/aromatic N) is 1. The summed E-state index contributed by atoms with van der Waals surface area (Å²) in [7, 11) is 4.32. The summed E-state index contributed by atoms with van der Waals surface area (Å²) in [6, 6.07) is 11.6. The van der Waals surface area contributed by atoms with Crippen LogP contribution in [0.2, 0.25) is 0 Å². The van der Waals surface area contributed by atoms with E-state index in [4.69, 9.17) is 0 Å². The van der Waals surface area contributed by atoms with Gasteiger partial charge in [-0.3, -0.25) is 0 Å². The maximum atomic E-state index is 3.32. The van der Waals surface area contributed by atoms with Crippen molar-refractivity contribution in [3.05, 3.63) is 35.9 Å². The van der Waals surface area contributed by atoms with Crippen LogP contribution in [0.5, 0.6) is 0 Å². The molecule has 0 radical (unpaired) electrons. The molecular weight excluding hydrogens is 232 g/mol. The van der Waals surface area contributed by atoms with Crippen molar-refractivity contribution in [2.75, 3.05) is 27.2 Å². The SMILES string of the molecule is CC1CCNCC1.CN(C)C1CC1c1ccccc1. The summed E-state index contributed by atoms with van der Waals surface area (Å²) in [5.41, 5.74) is 1.50. The Labute approximate surface area is 118 Å². The molecule has 1 N–H and O–H groups in total. The molecule has 0 amide bonds. The number of rotatable bonds is 2. The van der Waals surface area contributed by atoms with Crippen LogP contribution in [-0.4, -0.2) is 38.1 Å². The van der Waals surface area contributed by atoms with E-state index in [0.717, 1.165) is 17.9 Å². The minimum atomic E-state index is 0.785. The molecule has 2 atom stereocenters. The molecule has 106 valence electrons. The molecule has 0 spiro atoms. The third kappa shape index (κ3) is 4.63. The van der Waals surface area contributed by atoms with E-state index in [9.17, 15) is 0 Å². The number of hydrogen-bond acceptors (Lipinski definition) is 2. The lowest BCUT2D eigenvalue weighted by Crippen LogP contribution is -2.26. The van der Waals surface area contributed by atoms with Gasteiger partial charge in [0.15, 0.2) is 0 Å². The van der Waals surface area contributed by atoms with E-state index in [1.54, 1.807) is 0 Å². The molecule has 1 aliphatic heterocycles. The Bertz CT molecular complexity index is 355. The van der Waals surface area contributed by atoms with Crippen LogP contribution in [0, 0.1) is 5.92 Å². The maximum Gasteiger partial charge on any atom is 0.0165 e. The van der Waals surface area contributed by atoms with E-state index < -0.39 is 0 Å². The van der Waals surface area contributed by atoms with Crippen molar-refractivity contribution in [3.63, 3.8) is 0 Å². The molecule has 1 saturated heterocycles. The highest BCUT2D eigenvalue weighted by molar-refractivity contribution is 5.27. The third-order valence-electron chi connectivity index (χ3n) is 4.28. The van der Waals surface area contributed by atoms with Crippen molar-refractivity contribution in [3.8, 4) is 0 Å². The van der Waals surface area contributed by atoms with Gasteiger partial charge in [-0.15, -0.1) is 0 Å². The quantitative estimate of drug-likeness (QED) is 0.879. The van der Waals surface area contributed by atoms with Gasteiger partial charge in [0, 0.05) is 12.0 Å². The molecule has 2 heteroatoms. The van der Waals surface area contributed by atoms with Crippen LogP contribution < -0.4 is 5.32 Å². The molecule has 1 saturated carbocycles. The van der Waals surface area contributed by atoms with Crippen LogP contribution in [0.15, 0.2) is 30.3 Å². The van der Waals surface area contributed by atoms with Gasteiger partial charge in [-0.25, -0.2) is 0 Å². The molecule has 2 aliphatic rings. The van der Waals surface area contributed by atoms with Crippen LogP contribution in [0.1, 0.15) is 37.7 Å². The highest BCUT2D eigenvalue weighted by atomic mass is 15.1. The normalized spacial score (nSPS) is 26.7. The summed E-state index contributed by atoms with van der Waals surface area (Å²) in [5, 5.41) is 3.32. The summed E-state index contributed by atoms with van der Waals surface area (Å²) in [6.45, 7) is 4.79. The van der Waals surface area contributed by atoms with Crippen molar-refractivity contribution in [2.24, 2.45) is 5.92 Å². The molecule has 2 nitrogen and oxygen atoms in total. The van der Waals surface area contributed by atoms with E-state index >= 15 is 0 Å². The molecule has 19 heavy (non-hydrogen) atoms. The summed E-state index contributed by atoms with van der Waals surface area (Å²) in [4.78, 5) is 2.32. The molecule has 1 heterocycles. The van der Waals surface area contributed by atoms with Crippen molar-refractivity contribution < 1.29 is 0 Å². The molecule has 1 aromatic rings. The second kappa shape index (κ2) is 7.06. The first kappa shape index (κ1) is 14.5. The summed E-state index contributed by atoms with van der Waals surface area (Å²) < 4.78 is 0. The van der Waals surface area contributed by atoms with Gasteiger partial charge in [0.05, 0.1) is 0 Å². The van der Waals surface area contributed by atoms with Gasteiger partial charge in [-0.05, 0) is 57.9 Å². The fraction of sp³-hybridized carbons (Fsp3) is 0.647. The molecule has 0 bridgehead atoms. The predicted octanol–water partition coefficient (Wildman–Crippen LogP) is 3.11.